The van der Waals surface area contributed by atoms with Crippen molar-refractivity contribution < 1.29 is 16.8 Å². The average molecular weight is 484 g/mol. The Bertz CT molecular complexity index is 944. The standard InChI is InChI=1S/C13H12Br2N2O4S2/c1-22(18,19)16-11-4-2-3-5-12(11)17-23(20,21)13-8-9(14)6-7-10(13)15/h2-8,16-17H,1H3. The molecule has 0 spiro atoms. The summed E-state index contributed by atoms with van der Waals surface area (Å²) in [5, 5.41) is 0. The van der Waals surface area contributed by atoms with E-state index in [0.29, 0.717) is 8.95 Å². The van der Waals surface area contributed by atoms with E-state index in [-0.39, 0.29) is 16.3 Å². The fourth-order valence-electron chi connectivity index (χ4n) is 1.74. The van der Waals surface area contributed by atoms with Crippen LogP contribution in [-0.4, -0.2) is 23.1 Å². The summed E-state index contributed by atoms with van der Waals surface area (Å²) in [5.41, 5.74) is 0.273. The van der Waals surface area contributed by atoms with Crippen molar-refractivity contribution in [1.29, 1.82) is 0 Å². The molecule has 0 saturated carbocycles. The normalized spacial score (nSPS) is 12.0. The summed E-state index contributed by atoms with van der Waals surface area (Å²) < 4.78 is 53.5. The van der Waals surface area contributed by atoms with Crippen molar-refractivity contribution >= 4 is 63.3 Å². The Labute approximate surface area is 151 Å². The molecule has 23 heavy (non-hydrogen) atoms. The number of para-hydroxylation sites is 2. The number of hydrogen-bond donors (Lipinski definition) is 2. The van der Waals surface area contributed by atoms with Gasteiger partial charge in [-0.25, -0.2) is 16.8 Å². The van der Waals surface area contributed by atoms with Crippen LogP contribution in [0, 0.1) is 0 Å². The van der Waals surface area contributed by atoms with Crippen molar-refractivity contribution in [2.24, 2.45) is 0 Å². The number of nitrogens with one attached hydrogen (secondary N) is 2. The topological polar surface area (TPSA) is 92.3 Å². The van der Waals surface area contributed by atoms with Gasteiger partial charge in [-0.1, -0.05) is 28.1 Å². The average Bonchev–Trinajstić information content (AvgIpc) is 2.42. The van der Waals surface area contributed by atoms with Crippen molar-refractivity contribution in [3.63, 3.8) is 0 Å². The van der Waals surface area contributed by atoms with Crippen LogP contribution in [0.15, 0.2) is 56.3 Å². The highest BCUT2D eigenvalue weighted by Gasteiger charge is 2.20. The highest BCUT2D eigenvalue weighted by molar-refractivity contribution is 9.11. The van der Waals surface area contributed by atoms with Crippen molar-refractivity contribution in [1.82, 2.24) is 0 Å². The molecule has 2 aromatic carbocycles. The summed E-state index contributed by atoms with van der Waals surface area (Å²) in [7, 11) is -7.44. The minimum absolute atomic E-state index is 0.0287. The van der Waals surface area contributed by atoms with E-state index in [2.05, 4.69) is 41.3 Å². The molecule has 0 aliphatic rings. The lowest BCUT2D eigenvalue weighted by Gasteiger charge is -2.14. The Hall–Kier alpha value is -1.10. The van der Waals surface area contributed by atoms with Crippen molar-refractivity contribution in [3.05, 3.63) is 51.4 Å². The van der Waals surface area contributed by atoms with Crippen molar-refractivity contribution in [2.75, 3.05) is 15.7 Å². The van der Waals surface area contributed by atoms with E-state index < -0.39 is 20.0 Å². The maximum Gasteiger partial charge on any atom is 0.263 e. The maximum atomic E-state index is 12.6. The first kappa shape index (κ1) is 18.2. The molecule has 0 heterocycles. The van der Waals surface area contributed by atoms with Crippen LogP contribution in [0.3, 0.4) is 0 Å². The zero-order chi connectivity index (χ0) is 17.3. The molecular weight excluding hydrogens is 472 g/mol. The largest absolute Gasteiger partial charge is 0.282 e. The molecule has 0 unspecified atom stereocenters. The van der Waals surface area contributed by atoms with Crippen LogP contribution < -0.4 is 9.44 Å². The molecule has 0 amide bonds. The Morgan fingerprint density at radius 3 is 2.00 bits per heavy atom. The van der Waals surface area contributed by atoms with Crippen LogP contribution in [-0.2, 0) is 20.0 Å². The number of rotatable bonds is 5. The minimum atomic E-state index is -3.91. The van der Waals surface area contributed by atoms with Crippen LogP contribution in [0.2, 0.25) is 0 Å². The summed E-state index contributed by atoms with van der Waals surface area (Å²) in [4.78, 5) is 0.0287. The molecule has 2 rings (SSSR count). The second-order valence-electron chi connectivity index (χ2n) is 4.60. The van der Waals surface area contributed by atoms with Crippen molar-refractivity contribution in [3.8, 4) is 0 Å². The lowest BCUT2D eigenvalue weighted by Crippen LogP contribution is -2.17. The van der Waals surface area contributed by atoms with Gasteiger partial charge in [0.05, 0.1) is 17.6 Å². The second kappa shape index (κ2) is 6.80. The number of halogens is 2. The Balaban J connectivity index is 2.44. The Morgan fingerprint density at radius 2 is 1.43 bits per heavy atom. The van der Waals surface area contributed by atoms with Gasteiger partial charge in [0.25, 0.3) is 10.0 Å². The predicted octanol–water partition coefficient (Wildman–Crippen LogP) is 3.38. The van der Waals surface area contributed by atoms with Gasteiger partial charge < -0.3 is 0 Å². The molecule has 2 N–H and O–H groups in total. The summed E-state index contributed by atoms with van der Waals surface area (Å²) in [6.45, 7) is 0. The predicted molar refractivity (Wildman–Crippen MR) is 97.6 cm³/mol. The zero-order valence-corrected chi connectivity index (χ0v) is 16.6. The molecule has 0 radical (unpaired) electrons. The van der Waals surface area contributed by atoms with E-state index in [1.165, 1.54) is 18.2 Å². The SMILES string of the molecule is CS(=O)(=O)Nc1ccccc1NS(=O)(=O)c1cc(Br)ccc1Br. The Kier molecular flexibility index (Phi) is 5.39. The first-order chi connectivity index (χ1) is 10.6. The van der Waals surface area contributed by atoms with E-state index >= 15 is 0 Å². The molecule has 124 valence electrons. The first-order valence-electron chi connectivity index (χ1n) is 6.13. The van der Waals surface area contributed by atoms with Gasteiger partial charge in [-0.3, -0.25) is 9.44 Å². The zero-order valence-electron chi connectivity index (χ0n) is 11.7. The smallest absolute Gasteiger partial charge is 0.263 e. The monoisotopic (exact) mass is 482 g/mol. The highest BCUT2D eigenvalue weighted by atomic mass is 79.9. The quantitative estimate of drug-likeness (QED) is 0.681. The molecule has 0 aliphatic heterocycles. The minimum Gasteiger partial charge on any atom is -0.282 e. The van der Waals surface area contributed by atoms with Gasteiger partial charge in [-0.2, -0.15) is 0 Å². The van der Waals surface area contributed by atoms with Crippen LogP contribution in [0.4, 0.5) is 11.4 Å². The van der Waals surface area contributed by atoms with Crippen LogP contribution in [0.25, 0.3) is 0 Å². The summed E-state index contributed by atoms with van der Waals surface area (Å²) in [5.74, 6) is 0. The van der Waals surface area contributed by atoms with E-state index in [4.69, 9.17) is 0 Å². The van der Waals surface area contributed by atoms with E-state index in [1.54, 1.807) is 24.3 Å². The van der Waals surface area contributed by atoms with Crippen LogP contribution in [0.1, 0.15) is 0 Å². The van der Waals surface area contributed by atoms with Gasteiger partial charge in [0.15, 0.2) is 0 Å². The van der Waals surface area contributed by atoms with Gasteiger partial charge in [-0.15, -0.1) is 0 Å². The number of anilines is 2. The van der Waals surface area contributed by atoms with Crippen LogP contribution >= 0.6 is 31.9 Å². The number of sulfonamides is 2. The Morgan fingerprint density at radius 1 is 0.870 bits per heavy atom. The molecule has 0 atom stereocenters. The molecule has 0 aromatic heterocycles. The third kappa shape index (κ3) is 4.93. The van der Waals surface area contributed by atoms with Gasteiger partial charge in [0.2, 0.25) is 10.0 Å². The molecule has 0 fully saturated rings. The third-order valence-corrected chi connectivity index (χ3v) is 6.09. The fraction of sp³-hybridized carbons (Fsp3) is 0.0769. The molecule has 6 nitrogen and oxygen atoms in total. The van der Waals surface area contributed by atoms with Gasteiger partial charge in [-0.05, 0) is 46.3 Å². The van der Waals surface area contributed by atoms with E-state index in [1.807, 2.05) is 0 Å². The van der Waals surface area contributed by atoms with Crippen LogP contribution in [0.5, 0.6) is 0 Å². The van der Waals surface area contributed by atoms with E-state index in [0.717, 1.165) is 6.26 Å². The molecule has 10 heteroatoms. The maximum absolute atomic E-state index is 12.6. The lowest BCUT2D eigenvalue weighted by molar-refractivity contribution is 0.600. The molecule has 0 saturated heterocycles. The number of benzene rings is 2. The van der Waals surface area contributed by atoms with Gasteiger partial charge in [0.1, 0.15) is 4.90 Å². The molecule has 0 aliphatic carbocycles. The fourth-order valence-corrected chi connectivity index (χ4v) is 4.90. The molecule has 2 aromatic rings. The van der Waals surface area contributed by atoms with Gasteiger partial charge in [0, 0.05) is 8.95 Å². The summed E-state index contributed by atoms with van der Waals surface area (Å²) >= 11 is 6.42. The lowest BCUT2D eigenvalue weighted by atomic mass is 10.3. The molecule has 0 bridgehead atoms. The van der Waals surface area contributed by atoms with Gasteiger partial charge >= 0.3 is 0 Å². The summed E-state index contributed by atoms with van der Waals surface area (Å²) in [6, 6.07) is 10.9. The first-order valence-corrected chi connectivity index (χ1v) is 11.1. The summed E-state index contributed by atoms with van der Waals surface area (Å²) in [6.07, 6.45) is 0.989. The van der Waals surface area contributed by atoms with E-state index in [9.17, 15) is 16.8 Å². The molecular formula is C13H12Br2N2O4S2. The number of hydrogen-bond acceptors (Lipinski definition) is 4. The second-order valence-corrected chi connectivity index (χ2v) is 9.77. The third-order valence-electron chi connectivity index (χ3n) is 2.65. The van der Waals surface area contributed by atoms with Crippen molar-refractivity contribution in [2.45, 2.75) is 4.90 Å². The highest BCUT2D eigenvalue weighted by Crippen LogP contribution is 2.30.